The Hall–Kier alpha value is -3.75. The summed E-state index contributed by atoms with van der Waals surface area (Å²) >= 11 is 0. The summed E-state index contributed by atoms with van der Waals surface area (Å²) in [4.78, 5) is 28.8. The lowest BCUT2D eigenvalue weighted by Gasteiger charge is -2.29. The second-order valence-corrected chi connectivity index (χ2v) is 9.46. The fourth-order valence-corrected chi connectivity index (χ4v) is 5.13. The third-order valence-electron chi connectivity index (χ3n) is 7.13. The van der Waals surface area contributed by atoms with Crippen LogP contribution in [0, 0.1) is 5.82 Å². The van der Waals surface area contributed by atoms with Crippen LogP contribution < -0.4 is 10.3 Å². The zero-order chi connectivity index (χ0) is 25.0. The fraction of sp³-hybridized carbons (Fsp3) is 0.333. The number of rotatable bonds is 5. The van der Waals surface area contributed by atoms with E-state index in [1.165, 1.54) is 35.0 Å². The highest BCUT2D eigenvalue weighted by Gasteiger charge is 2.28. The summed E-state index contributed by atoms with van der Waals surface area (Å²) in [6.07, 6.45) is 4.89. The van der Waals surface area contributed by atoms with Gasteiger partial charge in [-0.15, -0.1) is 0 Å². The predicted octanol–water partition coefficient (Wildman–Crippen LogP) is 5.30. The highest BCUT2D eigenvalue weighted by Crippen LogP contribution is 2.39. The van der Waals surface area contributed by atoms with Gasteiger partial charge in [0.2, 0.25) is 6.86 Å². The van der Waals surface area contributed by atoms with E-state index in [4.69, 9.17) is 4.74 Å². The number of aromatic nitrogens is 2. The standard InChI is InChI=1S/C27H24F3N3O3/c28-15-36-19-3-4-20-22(13-19)27(35)33(14-23(20)26(34)31-8-5-16(29)6-9-31)25-12-17(30)11-24-21(25)7-10-32(24)18-1-2-18/h3-4,7,10-14,16,18H,1-2,5-6,8-9,15H2. The van der Waals surface area contributed by atoms with Crippen LogP contribution in [0.25, 0.3) is 27.4 Å². The van der Waals surface area contributed by atoms with Gasteiger partial charge in [-0.1, -0.05) is 0 Å². The molecular formula is C27H24F3N3O3. The second-order valence-electron chi connectivity index (χ2n) is 9.46. The summed E-state index contributed by atoms with van der Waals surface area (Å²) in [7, 11) is 0. The molecule has 0 atom stereocenters. The molecule has 1 saturated heterocycles. The predicted molar refractivity (Wildman–Crippen MR) is 130 cm³/mol. The number of carbonyl (C=O) groups is 1. The Morgan fingerprint density at radius 3 is 2.50 bits per heavy atom. The lowest BCUT2D eigenvalue weighted by molar-refractivity contribution is 0.0668. The van der Waals surface area contributed by atoms with Crippen LogP contribution in [0.2, 0.25) is 0 Å². The molecule has 1 aliphatic carbocycles. The number of pyridine rings is 1. The molecule has 1 saturated carbocycles. The zero-order valence-corrected chi connectivity index (χ0v) is 19.4. The Bertz CT molecular complexity index is 1550. The molecule has 4 aromatic rings. The topological polar surface area (TPSA) is 56.5 Å². The Morgan fingerprint density at radius 2 is 1.78 bits per heavy atom. The maximum Gasteiger partial charge on any atom is 0.263 e. The van der Waals surface area contributed by atoms with E-state index in [0.717, 1.165) is 12.8 Å². The average molecular weight is 496 g/mol. The lowest BCUT2D eigenvalue weighted by Crippen LogP contribution is -2.39. The molecule has 9 heteroatoms. The Labute approximate surface area is 204 Å². The number of alkyl halides is 2. The summed E-state index contributed by atoms with van der Waals surface area (Å²) in [6, 6.07) is 9.31. The third-order valence-corrected chi connectivity index (χ3v) is 7.13. The summed E-state index contributed by atoms with van der Waals surface area (Å²) in [5.74, 6) is -0.707. The summed E-state index contributed by atoms with van der Waals surface area (Å²) in [6.45, 7) is -0.550. The van der Waals surface area contributed by atoms with Crippen LogP contribution in [0.5, 0.6) is 5.75 Å². The third kappa shape index (κ3) is 3.83. The fourth-order valence-electron chi connectivity index (χ4n) is 5.13. The molecule has 1 amide bonds. The average Bonchev–Trinajstić information content (AvgIpc) is 3.63. The number of amides is 1. The van der Waals surface area contributed by atoms with Crippen molar-refractivity contribution in [3.05, 3.63) is 70.5 Å². The van der Waals surface area contributed by atoms with E-state index in [0.29, 0.717) is 28.0 Å². The van der Waals surface area contributed by atoms with Crippen LogP contribution >= 0.6 is 0 Å². The molecule has 0 spiro atoms. The van der Waals surface area contributed by atoms with E-state index in [2.05, 4.69) is 0 Å². The van der Waals surface area contributed by atoms with Crippen molar-refractivity contribution in [1.29, 1.82) is 0 Å². The minimum absolute atomic E-state index is 0.140. The van der Waals surface area contributed by atoms with E-state index in [9.17, 15) is 22.8 Å². The molecule has 0 bridgehead atoms. The van der Waals surface area contributed by atoms with E-state index in [-0.39, 0.29) is 48.5 Å². The molecule has 1 aliphatic heterocycles. The van der Waals surface area contributed by atoms with Crippen molar-refractivity contribution in [3.63, 3.8) is 0 Å². The van der Waals surface area contributed by atoms with Gasteiger partial charge in [0.15, 0.2) is 0 Å². The van der Waals surface area contributed by atoms with E-state index < -0.39 is 24.4 Å². The molecule has 2 aliphatic rings. The maximum absolute atomic E-state index is 14.8. The monoisotopic (exact) mass is 495 g/mol. The molecule has 0 N–H and O–H groups in total. The summed E-state index contributed by atoms with van der Waals surface area (Å²) in [5, 5.41) is 1.20. The number of piperidine rings is 1. The van der Waals surface area contributed by atoms with Gasteiger partial charge in [-0.05, 0) is 62.1 Å². The van der Waals surface area contributed by atoms with Crippen molar-refractivity contribution in [3.8, 4) is 11.4 Å². The molecular weight excluding hydrogens is 471 g/mol. The van der Waals surface area contributed by atoms with Gasteiger partial charge in [-0.25, -0.2) is 13.2 Å². The van der Waals surface area contributed by atoms with Crippen molar-refractivity contribution in [2.75, 3.05) is 20.0 Å². The lowest BCUT2D eigenvalue weighted by atomic mass is 10.0. The van der Waals surface area contributed by atoms with E-state index in [1.54, 1.807) is 11.0 Å². The van der Waals surface area contributed by atoms with Gasteiger partial charge in [0, 0.05) is 42.3 Å². The number of likely N-dealkylation sites (tertiary alicyclic amines) is 1. The molecule has 3 heterocycles. The molecule has 2 aromatic carbocycles. The van der Waals surface area contributed by atoms with Crippen LogP contribution in [-0.2, 0) is 0 Å². The first kappa shape index (κ1) is 22.7. The second kappa shape index (κ2) is 8.72. The molecule has 36 heavy (non-hydrogen) atoms. The Kier molecular flexibility index (Phi) is 5.50. The molecule has 6 nitrogen and oxygen atoms in total. The van der Waals surface area contributed by atoms with Crippen LogP contribution in [0.15, 0.2) is 53.6 Å². The molecule has 6 rings (SSSR count). The number of halogens is 3. The van der Waals surface area contributed by atoms with Gasteiger partial charge < -0.3 is 14.2 Å². The van der Waals surface area contributed by atoms with Crippen molar-refractivity contribution < 1.29 is 22.7 Å². The first-order valence-corrected chi connectivity index (χ1v) is 12.1. The first-order valence-electron chi connectivity index (χ1n) is 12.1. The Balaban J connectivity index is 1.58. The minimum Gasteiger partial charge on any atom is -0.463 e. The van der Waals surface area contributed by atoms with Crippen LogP contribution in [0.4, 0.5) is 13.2 Å². The molecule has 186 valence electrons. The van der Waals surface area contributed by atoms with Gasteiger partial charge in [0.25, 0.3) is 11.5 Å². The summed E-state index contributed by atoms with van der Waals surface area (Å²) in [5.41, 5.74) is 0.726. The quantitative estimate of drug-likeness (QED) is 0.378. The van der Waals surface area contributed by atoms with E-state index >= 15 is 0 Å². The van der Waals surface area contributed by atoms with Crippen LogP contribution in [0.1, 0.15) is 42.1 Å². The number of benzene rings is 2. The molecule has 2 aromatic heterocycles. The smallest absolute Gasteiger partial charge is 0.263 e. The van der Waals surface area contributed by atoms with Crippen molar-refractivity contribution in [1.82, 2.24) is 14.0 Å². The highest BCUT2D eigenvalue weighted by atomic mass is 19.1. The van der Waals surface area contributed by atoms with Crippen molar-refractivity contribution in [2.24, 2.45) is 0 Å². The highest BCUT2D eigenvalue weighted by molar-refractivity contribution is 6.07. The SMILES string of the molecule is O=C(c1cn(-c2cc(F)cc3c2ccn3C2CC2)c(=O)c2cc(OCF)ccc12)N1CCC(F)CC1. The molecule has 2 fully saturated rings. The van der Waals surface area contributed by atoms with Crippen LogP contribution in [0.3, 0.4) is 0 Å². The van der Waals surface area contributed by atoms with Gasteiger partial charge in [-0.2, -0.15) is 0 Å². The number of fused-ring (bicyclic) bond motifs is 2. The van der Waals surface area contributed by atoms with E-state index in [1.807, 2.05) is 16.8 Å². The van der Waals surface area contributed by atoms with Gasteiger partial charge in [0.1, 0.15) is 17.7 Å². The first-order chi connectivity index (χ1) is 17.4. The normalized spacial score (nSPS) is 16.7. The molecule has 0 radical (unpaired) electrons. The summed E-state index contributed by atoms with van der Waals surface area (Å²) < 4.78 is 49.6. The van der Waals surface area contributed by atoms with Crippen molar-refractivity contribution in [2.45, 2.75) is 37.9 Å². The zero-order valence-electron chi connectivity index (χ0n) is 19.4. The maximum atomic E-state index is 14.8. The largest absolute Gasteiger partial charge is 0.463 e. The van der Waals surface area contributed by atoms with Gasteiger partial charge in [-0.3, -0.25) is 14.2 Å². The number of carbonyl (C=O) groups excluding carboxylic acids is 1. The number of nitrogens with zero attached hydrogens (tertiary/aromatic N) is 3. The Morgan fingerprint density at radius 1 is 1.00 bits per heavy atom. The molecule has 0 unspecified atom stereocenters. The number of hydrogen-bond donors (Lipinski definition) is 0. The van der Waals surface area contributed by atoms with Gasteiger partial charge in [0.05, 0.1) is 22.2 Å². The number of ether oxygens (including phenoxy) is 1. The van der Waals surface area contributed by atoms with Crippen LogP contribution in [-0.4, -0.2) is 46.1 Å². The minimum atomic E-state index is -1.07. The van der Waals surface area contributed by atoms with Gasteiger partial charge >= 0.3 is 0 Å². The van der Waals surface area contributed by atoms with Crippen molar-refractivity contribution >= 4 is 27.6 Å². The number of hydrogen-bond acceptors (Lipinski definition) is 3.